The number of hydrogen-bond donors (Lipinski definition) is 3. The van der Waals surface area contributed by atoms with Crippen LogP contribution in [0.15, 0.2) is 38.0 Å². The SMILES string of the molecule is C=CC(=O)O.C=CC(=O)O.C=CC(=O)O.CCC(CC)(CC)CC. The summed E-state index contributed by atoms with van der Waals surface area (Å²) < 4.78 is 0. The molecule has 3 N–H and O–H groups in total. The van der Waals surface area contributed by atoms with Crippen LogP contribution in [0.1, 0.15) is 53.4 Å². The van der Waals surface area contributed by atoms with Gasteiger partial charge in [0.15, 0.2) is 0 Å². The van der Waals surface area contributed by atoms with Gasteiger partial charge in [0.2, 0.25) is 0 Å². The van der Waals surface area contributed by atoms with E-state index in [1.54, 1.807) is 0 Å². The topological polar surface area (TPSA) is 112 Å². The van der Waals surface area contributed by atoms with Crippen LogP contribution in [-0.4, -0.2) is 33.2 Å². The molecule has 0 aromatic heterocycles. The normalized spacial score (nSPS) is 8.50. The highest BCUT2D eigenvalue weighted by Gasteiger charge is 2.20. The largest absolute Gasteiger partial charge is 0.478 e. The summed E-state index contributed by atoms with van der Waals surface area (Å²) in [5, 5.41) is 22.8. The molecule has 0 aromatic rings. The molecule has 0 aliphatic heterocycles. The monoisotopic (exact) mass is 344 g/mol. The quantitative estimate of drug-likeness (QED) is 0.591. The summed E-state index contributed by atoms with van der Waals surface area (Å²) >= 11 is 0. The second-order valence-corrected chi connectivity index (χ2v) is 4.54. The molecule has 6 nitrogen and oxygen atoms in total. The van der Waals surface area contributed by atoms with Crippen molar-refractivity contribution in [3.05, 3.63) is 38.0 Å². The molecule has 0 spiro atoms. The molecule has 0 radical (unpaired) electrons. The molecule has 0 atom stereocenters. The van der Waals surface area contributed by atoms with Gasteiger partial charge in [0, 0.05) is 18.2 Å². The van der Waals surface area contributed by atoms with E-state index in [0.717, 1.165) is 18.2 Å². The highest BCUT2D eigenvalue weighted by Crippen LogP contribution is 2.33. The highest BCUT2D eigenvalue weighted by atomic mass is 16.4. The average Bonchev–Trinajstić information content (AvgIpc) is 2.59. The van der Waals surface area contributed by atoms with Gasteiger partial charge in [-0.05, 0) is 5.41 Å². The Labute approximate surface area is 145 Å². The third-order valence-electron chi connectivity index (χ3n) is 3.52. The molecule has 0 bridgehead atoms. The Bertz CT molecular complexity index is 321. The van der Waals surface area contributed by atoms with Crippen molar-refractivity contribution in [2.24, 2.45) is 5.41 Å². The van der Waals surface area contributed by atoms with Gasteiger partial charge in [-0.3, -0.25) is 0 Å². The first kappa shape index (κ1) is 29.6. The molecule has 0 rings (SSSR count). The van der Waals surface area contributed by atoms with Gasteiger partial charge in [-0.25, -0.2) is 14.4 Å². The van der Waals surface area contributed by atoms with Crippen LogP contribution in [0.2, 0.25) is 0 Å². The van der Waals surface area contributed by atoms with Gasteiger partial charge in [-0.15, -0.1) is 0 Å². The Morgan fingerprint density at radius 2 is 0.792 bits per heavy atom. The van der Waals surface area contributed by atoms with Crippen molar-refractivity contribution in [3.63, 3.8) is 0 Å². The Hall–Kier alpha value is -2.37. The van der Waals surface area contributed by atoms with E-state index in [4.69, 9.17) is 15.3 Å². The molecule has 0 aromatic carbocycles. The van der Waals surface area contributed by atoms with Crippen LogP contribution in [0.4, 0.5) is 0 Å². The molecule has 0 amide bonds. The van der Waals surface area contributed by atoms with Gasteiger partial charge >= 0.3 is 17.9 Å². The maximum absolute atomic E-state index is 9.25. The van der Waals surface area contributed by atoms with Crippen molar-refractivity contribution in [3.8, 4) is 0 Å². The molecule has 6 heteroatoms. The zero-order valence-corrected chi connectivity index (χ0v) is 15.2. The fourth-order valence-electron chi connectivity index (χ4n) is 1.50. The zero-order chi connectivity index (χ0) is 20.2. The minimum absolute atomic E-state index is 0.667. The van der Waals surface area contributed by atoms with Gasteiger partial charge in [-0.2, -0.15) is 0 Å². The first-order valence-electron chi connectivity index (χ1n) is 7.62. The average molecular weight is 344 g/mol. The molecule has 0 aliphatic carbocycles. The molecular formula is C18H32O6. The minimum atomic E-state index is -0.981. The van der Waals surface area contributed by atoms with Gasteiger partial charge < -0.3 is 15.3 Å². The summed E-state index contributed by atoms with van der Waals surface area (Å²) in [6.07, 6.45) is 7.88. The van der Waals surface area contributed by atoms with Crippen LogP contribution in [-0.2, 0) is 14.4 Å². The summed E-state index contributed by atoms with van der Waals surface area (Å²) in [6.45, 7) is 18.1. The van der Waals surface area contributed by atoms with E-state index in [9.17, 15) is 14.4 Å². The van der Waals surface area contributed by atoms with Crippen LogP contribution >= 0.6 is 0 Å². The molecule has 24 heavy (non-hydrogen) atoms. The molecule has 0 fully saturated rings. The van der Waals surface area contributed by atoms with Crippen molar-refractivity contribution >= 4 is 17.9 Å². The second kappa shape index (κ2) is 20.6. The lowest BCUT2D eigenvalue weighted by molar-refractivity contribution is -0.132. The first-order chi connectivity index (χ1) is 11.1. The van der Waals surface area contributed by atoms with Crippen molar-refractivity contribution in [2.45, 2.75) is 53.4 Å². The van der Waals surface area contributed by atoms with Gasteiger partial charge in [-0.1, -0.05) is 73.1 Å². The number of carbonyl (C=O) groups is 3. The summed E-state index contributed by atoms with van der Waals surface area (Å²) in [6, 6.07) is 0. The van der Waals surface area contributed by atoms with Crippen molar-refractivity contribution < 1.29 is 29.7 Å². The fourth-order valence-corrected chi connectivity index (χ4v) is 1.50. The van der Waals surface area contributed by atoms with E-state index < -0.39 is 17.9 Å². The molecule has 0 unspecified atom stereocenters. The highest BCUT2D eigenvalue weighted by molar-refractivity contribution is 5.79. The van der Waals surface area contributed by atoms with Crippen molar-refractivity contribution in [2.75, 3.05) is 0 Å². The van der Waals surface area contributed by atoms with Crippen molar-refractivity contribution in [1.82, 2.24) is 0 Å². The van der Waals surface area contributed by atoms with E-state index in [-0.39, 0.29) is 0 Å². The smallest absolute Gasteiger partial charge is 0.327 e. The van der Waals surface area contributed by atoms with E-state index >= 15 is 0 Å². The predicted octanol–water partition coefficient (Wildman–Crippen LogP) is 4.38. The molecule has 0 saturated carbocycles. The summed E-state index contributed by atoms with van der Waals surface area (Å²) in [5.74, 6) is -2.94. The number of aliphatic carboxylic acids is 3. The molecular weight excluding hydrogens is 312 g/mol. The Morgan fingerprint density at radius 3 is 0.792 bits per heavy atom. The van der Waals surface area contributed by atoms with Gasteiger partial charge in [0.25, 0.3) is 0 Å². The number of carboxylic acids is 3. The van der Waals surface area contributed by atoms with Crippen LogP contribution in [0, 0.1) is 5.41 Å². The number of rotatable bonds is 7. The second-order valence-electron chi connectivity index (χ2n) is 4.54. The summed E-state index contributed by atoms with van der Waals surface area (Å²) in [4.78, 5) is 27.8. The number of carboxylic acid groups (broad SMARTS) is 3. The van der Waals surface area contributed by atoms with Crippen LogP contribution in [0.5, 0.6) is 0 Å². The third kappa shape index (κ3) is 27.9. The maximum Gasteiger partial charge on any atom is 0.327 e. The zero-order valence-electron chi connectivity index (χ0n) is 15.2. The fraction of sp³-hybridized carbons (Fsp3) is 0.500. The van der Waals surface area contributed by atoms with E-state index in [1.807, 2.05) is 0 Å². The van der Waals surface area contributed by atoms with E-state index in [2.05, 4.69) is 47.4 Å². The Morgan fingerprint density at radius 1 is 0.667 bits per heavy atom. The molecule has 140 valence electrons. The van der Waals surface area contributed by atoms with E-state index in [1.165, 1.54) is 25.7 Å². The number of hydrogen-bond acceptors (Lipinski definition) is 3. The van der Waals surface area contributed by atoms with Crippen LogP contribution in [0.3, 0.4) is 0 Å². The predicted molar refractivity (Wildman–Crippen MR) is 97.1 cm³/mol. The van der Waals surface area contributed by atoms with E-state index in [0.29, 0.717) is 5.41 Å². The first-order valence-corrected chi connectivity index (χ1v) is 7.62. The molecule has 0 saturated heterocycles. The molecule has 0 heterocycles. The summed E-state index contributed by atoms with van der Waals surface area (Å²) in [5.41, 5.74) is 0.667. The Kier molecular flexibility index (Phi) is 25.5. The third-order valence-corrected chi connectivity index (χ3v) is 3.52. The van der Waals surface area contributed by atoms with Gasteiger partial charge in [0.1, 0.15) is 0 Å². The standard InChI is InChI=1S/C9H20.3C3H4O2/c1-5-9(6-2,7-3)8-4;3*1-2-3(4)5/h5-8H2,1-4H3;3*2H,1H2,(H,4,5). The lowest BCUT2D eigenvalue weighted by atomic mass is 9.78. The Balaban J connectivity index is -0.000000116. The molecule has 0 aliphatic rings. The minimum Gasteiger partial charge on any atom is -0.478 e. The summed E-state index contributed by atoms with van der Waals surface area (Å²) in [7, 11) is 0. The maximum atomic E-state index is 9.25. The lowest BCUT2D eigenvalue weighted by Gasteiger charge is -2.28. The van der Waals surface area contributed by atoms with Crippen molar-refractivity contribution in [1.29, 1.82) is 0 Å². The van der Waals surface area contributed by atoms with Crippen LogP contribution < -0.4 is 0 Å². The van der Waals surface area contributed by atoms with Gasteiger partial charge in [0.05, 0.1) is 0 Å². The lowest BCUT2D eigenvalue weighted by Crippen LogP contribution is -2.15. The van der Waals surface area contributed by atoms with Crippen LogP contribution in [0.25, 0.3) is 0 Å².